The molecule has 6 nitrogen and oxygen atoms in total. The van der Waals surface area contributed by atoms with Gasteiger partial charge in [-0.25, -0.2) is 8.42 Å². The first-order valence-electron chi connectivity index (χ1n) is 10.5. The van der Waals surface area contributed by atoms with E-state index in [1.54, 1.807) is 16.4 Å². The molecule has 31 heavy (non-hydrogen) atoms. The summed E-state index contributed by atoms with van der Waals surface area (Å²) in [4.78, 5) is 14.6. The number of benzene rings is 2. The second-order valence-electron chi connectivity index (χ2n) is 7.75. The Balaban J connectivity index is 0.00000341. The number of amides is 1. The second kappa shape index (κ2) is 12.2. The largest absolute Gasteiger partial charge is 0.355 e. The predicted molar refractivity (Wildman–Crippen MR) is 126 cm³/mol. The van der Waals surface area contributed by atoms with Crippen LogP contribution in [0.25, 0.3) is 0 Å². The van der Waals surface area contributed by atoms with Crippen molar-refractivity contribution in [3.05, 3.63) is 65.7 Å². The predicted octanol–water partition coefficient (Wildman–Crippen LogP) is 2.86. The van der Waals surface area contributed by atoms with E-state index in [9.17, 15) is 13.2 Å². The Kier molecular flexibility index (Phi) is 9.96. The number of halogens is 1. The molecule has 1 fully saturated rings. The van der Waals surface area contributed by atoms with Crippen molar-refractivity contribution in [3.63, 3.8) is 0 Å². The molecule has 0 spiro atoms. The van der Waals surface area contributed by atoms with E-state index in [0.29, 0.717) is 44.0 Å². The third-order valence-corrected chi connectivity index (χ3v) is 7.37. The van der Waals surface area contributed by atoms with Crippen LogP contribution in [0.4, 0.5) is 0 Å². The van der Waals surface area contributed by atoms with Crippen molar-refractivity contribution < 1.29 is 13.2 Å². The third-order valence-electron chi connectivity index (χ3n) is 5.45. The van der Waals surface area contributed by atoms with Gasteiger partial charge in [0, 0.05) is 45.7 Å². The van der Waals surface area contributed by atoms with Gasteiger partial charge in [-0.3, -0.25) is 9.69 Å². The SMILES string of the molecule is Cc1ccc(S(=O)(=O)N2CCN(CCNC(=O)CCCc3ccccc3)CC2)cc1.Cl. The Bertz CT molecular complexity index is 913. The van der Waals surface area contributed by atoms with E-state index in [4.69, 9.17) is 0 Å². The fraction of sp³-hybridized carbons (Fsp3) is 0.435. The summed E-state index contributed by atoms with van der Waals surface area (Å²) >= 11 is 0. The molecule has 170 valence electrons. The molecule has 0 atom stereocenters. The molecule has 0 aliphatic carbocycles. The normalized spacial score (nSPS) is 15.3. The summed E-state index contributed by atoms with van der Waals surface area (Å²) in [6, 6.07) is 17.2. The average molecular weight is 466 g/mol. The molecule has 8 heteroatoms. The third kappa shape index (κ3) is 7.61. The lowest BCUT2D eigenvalue weighted by Crippen LogP contribution is -2.50. The molecule has 0 radical (unpaired) electrons. The zero-order valence-electron chi connectivity index (χ0n) is 18.0. The van der Waals surface area contributed by atoms with Crippen molar-refractivity contribution in [2.45, 2.75) is 31.1 Å². The minimum Gasteiger partial charge on any atom is -0.355 e. The van der Waals surface area contributed by atoms with Crippen molar-refractivity contribution in [2.24, 2.45) is 0 Å². The Morgan fingerprint density at radius 1 is 0.968 bits per heavy atom. The van der Waals surface area contributed by atoms with Crippen molar-refractivity contribution in [2.75, 3.05) is 39.3 Å². The van der Waals surface area contributed by atoms with Crippen LogP contribution in [0.3, 0.4) is 0 Å². The highest BCUT2D eigenvalue weighted by atomic mass is 35.5. The van der Waals surface area contributed by atoms with Gasteiger partial charge in [-0.05, 0) is 37.5 Å². The second-order valence-corrected chi connectivity index (χ2v) is 9.69. The van der Waals surface area contributed by atoms with Gasteiger partial charge in [0.15, 0.2) is 0 Å². The lowest BCUT2D eigenvalue weighted by molar-refractivity contribution is -0.121. The average Bonchev–Trinajstić information content (AvgIpc) is 2.75. The lowest BCUT2D eigenvalue weighted by Gasteiger charge is -2.34. The Labute approximate surface area is 192 Å². The topological polar surface area (TPSA) is 69.7 Å². The molecule has 1 aliphatic rings. The summed E-state index contributed by atoms with van der Waals surface area (Å²) in [6.07, 6.45) is 2.27. The highest BCUT2D eigenvalue weighted by Crippen LogP contribution is 2.18. The van der Waals surface area contributed by atoms with E-state index < -0.39 is 10.0 Å². The van der Waals surface area contributed by atoms with Crippen LogP contribution in [0, 0.1) is 6.92 Å². The molecule has 2 aromatic rings. The summed E-state index contributed by atoms with van der Waals surface area (Å²) in [5, 5.41) is 2.98. The minimum atomic E-state index is -3.43. The number of aryl methyl sites for hydroxylation is 2. The first kappa shape index (κ1) is 25.3. The van der Waals surface area contributed by atoms with Gasteiger partial charge in [0.25, 0.3) is 0 Å². The van der Waals surface area contributed by atoms with Crippen molar-refractivity contribution in [1.82, 2.24) is 14.5 Å². The molecular weight excluding hydrogens is 434 g/mol. The van der Waals surface area contributed by atoms with Gasteiger partial charge in [0.05, 0.1) is 4.90 Å². The number of nitrogens with one attached hydrogen (secondary N) is 1. The molecule has 1 aliphatic heterocycles. The fourth-order valence-corrected chi connectivity index (χ4v) is 5.01. The summed E-state index contributed by atoms with van der Waals surface area (Å²) < 4.78 is 27.1. The van der Waals surface area contributed by atoms with Crippen LogP contribution < -0.4 is 5.32 Å². The number of nitrogens with zero attached hydrogens (tertiary/aromatic N) is 2. The van der Waals surface area contributed by atoms with Gasteiger partial charge in [-0.1, -0.05) is 48.0 Å². The highest BCUT2D eigenvalue weighted by Gasteiger charge is 2.28. The number of hydrogen-bond acceptors (Lipinski definition) is 4. The number of piperazine rings is 1. The van der Waals surface area contributed by atoms with Crippen LogP contribution in [0.5, 0.6) is 0 Å². The van der Waals surface area contributed by atoms with E-state index in [1.165, 1.54) is 5.56 Å². The van der Waals surface area contributed by atoms with Crippen LogP contribution in [0.2, 0.25) is 0 Å². The minimum absolute atomic E-state index is 0. The van der Waals surface area contributed by atoms with E-state index in [-0.39, 0.29) is 18.3 Å². The van der Waals surface area contributed by atoms with Gasteiger partial charge in [-0.15, -0.1) is 12.4 Å². The van der Waals surface area contributed by atoms with Crippen molar-refractivity contribution in [1.29, 1.82) is 0 Å². The summed E-state index contributed by atoms with van der Waals surface area (Å²) in [5.41, 5.74) is 2.30. The molecule has 2 aromatic carbocycles. The maximum Gasteiger partial charge on any atom is 0.243 e. The molecule has 0 unspecified atom stereocenters. The number of carbonyl (C=O) groups is 1. The maximum atomic E-state index is 12.8. The Morgan fingerprint density at radius 2 is 1.61 bits per heavy atom. The Hall–Kier alpha value is -1.93. The van der Waals surface area contributed by atoms with Crippen molar-refractivity contribution >= 4 is 28.3 Å². The smallest absolute Gasteiger partial charge is 0.243 e. The van der Waals surface area contributed by atoms with Crippen LogP contribution in [0.15, 0.2) is 59.5 Å². The molecule has 1 saturated heterocycles. The summed E-state index contributed by atoms with van der Waals surface area (Å²) in [7, 11) is -3.43. The first-order valence-corrected chi connectivity index (χ1v) is 12.0. The fourth-order valence-electron chi connectivity index (χ4n) is 3.59. The highest BCUT2D eigenvalue weighted by molar-refractivity contribution is 7.89. The van der Waals surface area contributed by atoms with E-state index in [0.717, 1.165) is 24.9 Å². The zero-order valence-corrected chi connectivity index (χ0v) is 19.6. The Morgan fingerprint density at radius 3 is 2.26 bits per heavy atom. The maximum absolute atomic E-state index is 12.8. The van der Waals surface area contributed by atoms with Crippen LogP contribution in [-0.4, -0.2) is 62.8 Å². The molecule has 0 aromatic heterocycles. The lowest BCUT2D eigenvalue weighted by atomic mass is 10.1. The molecule has 1 heterocycles. The molecule has 3 rings (SSSR count). The van der Waals surface area contributed by atoms with Gasteiger partial charge in [-0.2, -0.15) is 4.31 Å². The number of carbonyl (C=O) groups excluding carboxylic acids is 1. The molecule has 1 N–H and O–H groups in total. The van der Waals surface area contributed by atoms with E-state index in [1.807, 2.05) is 37.3 Å². The standard InChI is InChI=1S/C23H31N3O3S.ClH/c1-20-10-12-22(13-11-20)30(28,29)26-18-16-25(17-19-26)15-14-24-23(27)9-5-8-21-6-3-2-4-7-21;/h2-4,6-7,10-13H,5,8-9,14-19H2,1H3,(H,24,27);1H. The molecule has 0 saturated carbocycles. The van der Waals surface area contributed by atoms with Crippen molar-refractivity contribution in [3.8, 4) is 0 Å². The van der Waals surface area contributed by atoms with E-state index in [2.05, 4.69) is 22.3 Å². The molecule has 0 bridgehead atoms. The van der Waals surface area contributed by atoms with E-state index >= 15 is 0 Å². The summed E-state index contributed by atoms with van der Waals surface area (Å²) in [6.45, 7) is 5.57. The van der Waals surface area contributed by atoms with Crippen LogP contribution >= 0.6 is 12.4 Å². The van der Waals surface area contributed by atoms with Crippen LogP contribution in [-0.2, 0) is 21.2 Å². The molecular formula is C23H32ClN3O3S. The number of hydrogen-bond donors (Lipinski definition) is 1. The monoisotopic (exact) mass is 465 g/mol. The molecule has 1 amide bonds. The number of sulfonamides is 1. The number of rotatable bonds is 9. The zero-order chi connectivity index (χ0) is 21.4. The van der Waals surface area contributed by atoms with Gasteiger partial charge in [0.1, 0.15) is 0 Å². The van der Waals surface area contributed by atoms with Crippen LogP contribution in [0.1, 0.15) is 24.0 Å². The van der Waals surface area contributed by atoms with Gasteiger partial charge >= 0.3 is 0 Å². The van der Waals surface area contributed by atoms with Gasteiger partial charge in [0.2, 0.25) is 15.9 Å². The van der Waals surface area contributed by atoms with Gasteiger partial charge < -0.3 is 5.32 Å². The first-order chi connectivity index (χ1) is 14.4. The quantitative estimate of drug-likeness (QED) is 0.618. The summed E-state index contributed by atoms with van der Waals surface area (Å²) in [5.74, 6) is 0.0755.